The first kappa shape index (κ1) is 13.6. The maximum absolute atomic E-state index is 10.7. The van der Waals surface area contributed by atoms with E-state index in [4.69, 9.17) is 0 Å². The van der Waals surface area contributed by atoms with Gasteiger partial charge in [-0.25, -0.2) is 0 Å². The van der Waals surface area contributed by atoms with Gasteiger partial charge in [0.1, 0.15) is 0 Å². The molecule has 1 aromatic rings. The maximum Gasteiger partial charge on any atom is 0.0871 e. The first-order valence-electron chi connectivity index (χ1n) is 7.37. The van der Waals surface area contributed by atoms with Crippen molar-refractivity contribution in [3.63, 3.8) is 0 Å². The van der Waals surface area contributed by atoms with Crippen LogP contribution >= 0.6 is 0 Å². The van der Waals surface area contributed by atoms with Crippen LogP contribution in [0.25, 0.3) is 0 Å². The summed E-state index contributed by atoms with van der Waals surface area (Å²) in [6.07, 6.45) is 6.98. The summed E-state index contributed by atoms with van der Waals surface area (Å²) in [5.74, 6) is 0.566. The summed E-state index contributed by atoms with van der Waals surface area (Å²) in [7, 11) is 0. The molecule has 1 aromatic carbocycles. The molecule has 100 valence electrons. The number of fused-ring (bicyclic) bond motifs is 1. The Morgan fingerprint density at radius 3 is 2.56 bits per heavy atom. The molecule has 1 nitrogen and oxygen atoms in total. The molecule has 2 unspecified atom stereocenters. The Morgan fingerprint density at radius 2 is 1.89 bits per heavy atom. The second kappa shape index (κ2) is 5.44. The zero-order chi connectivity index (χ0) is 13.2. The molecule has 1 heteroatoms. The predicted octanol–water partition coefficient (Wildman–Crippen LogP) is 4.21. The van der Waals surface area contributed by atoms with Gasteiger partial charge in [0.2, 0.25) is 0 Å². The van der Waals surface area contributed by atoms with E-state index < -0.39 is 5.60 Å². The third-order valence-corrected chi connectivity index (χ3v) is 4.41. The van der Waals surface area contributed by atoms with Crippen LogP contribution in [0.5, 0.6) is 0 Å². The predicted molar refractivity (Wildman–Crippen MR) is 76.7 cm³/mol. The maximum atomic E-state index is 10.7. The van der Waals surface area contributed by atoms with Crippen molar-refractivity contribution >= 4 is 0 Å². The molecular weight excluding hydrogens is 220 g/mol. The van der Waals surface area contributed by atoms with Crippen molar-refractivity contribution in [2.45, 2.75) is 64.9 Å². The molecule has 0 radical (unpaired) electrons. The van der Waals surface area contributed by atoms with Gasteiger partial charge in [-0.3, -0.25) is 0 Å². The number of rotatable bonds is 4. The third kappa shape index (κ3) is 2.95. The fourth-order valence-electron chi connectivity index (χ4n) is 3.01. The van der Waals surface area contributed by atoms with E-state index in [0.717, 1.165) is 18.4 Å². The standard InChI is InChI=1S/C17H26O/c1-4-13(2)12-17(3,18)16-10-9-14-7-5-6-8-15(14)11-16/h9-11,13,18H,4-8,12H2,1-3H3. The largest absolute Gasteiger partial charge is 0.385 e. The number of hydrogen-bond donors (Lipinski definition) is 1. The van der Waals surface area contributed by atoms with E-state index in [1.165, 1.54) is 36.8 Å². The summed E-state index contributed by atoms with van der Waals surface area (Å²) in [4.78, 5) is 0. The molecule has 2 atom stereocenters. The second-order valence-corrected chi connectivity index (χ2v) is 6.18. The molecule has 0 aromatic heterocycles. The van der Waals surface area contributed by atoms with Crippen molar-refractivity contribution in [1.82, 2.24) is 0 Å². The van der Waals surface area contributed by atoms with Gasteiger partial charge in [-0.1, -0.05) is 38.5 Å². The highest BCUT2D eigenvalue weighted by Crippen LogP contribution is 2.32. The number of aryl methyl sites for hydroxylation is 2. The van der Waals surface area contributed by atoms with E-state index >= 15 is 0 Å². The number of benzene rings is 1. The lowest BCUT2D eigenvalue weighted by molar-refractivity contribution is 0.0318. The Morgan fingerprint density at radius 1 is 1.22 bits per heavy atom. The van der Waals surface area contributed by atoms with Gasteiger partial charge in [-0.2, -0.15) is 0 Å². The van der Waals surface area contributed by atoms with Gasteiger partial charge < -0.3 is 5.11 Å². The SMILES string of the molecule is CCC(C)CC(C)(O)c1ccc2c(c1)CCCC2. The van der Waals surface area contributed by atoms with E-state index in [0.29, 0.717) is 5.92 Å². The Kier molecular flexibility index (Phi) is 4.11. The van der Waals surface area contributed by atoms with Gasteiger partial charge in [0, 0.05) is 0 Å². The van der Waals surface area contributed by atoms with Gasteiger partial charge in [0.05, 0.1) is 5.60 Å². The minimum absolute atomic E-state index is 0.566. The van der Waals surface area contributed by atoms with Crippen molar-refractivity contribution in [2.24, 2.45) is 5.92 Å². The highest BCUT2D eigenvalue weighted by atomic mass is 16.3. The third-order valence-electron chi connectivity index (χ3n) is 4.41. The van der Waals surface area contributed by atoms with Gasteiger partial charge in [0.25, 0.3) is 0 Å². The van der Waals surface area contributed by atoms with Crippen LogP contribution < -0.4 is 0 Å². The first-order valence-corrected chi connectivity index (χ1v) is 7.37. The highest BCUT2D eigenvalue weighted by Gasteiger charge is 2.26. The van der Waals surface area contributed by atoms with Crippen LogP contribution in [0.2, 0.25) is 0 Å². The van der Waals surface area contributed by atoms with Crippen LogP contribution in [-0.2, 0) is 18.4 Å². The quantitative estimate of drug-likeness (QED) is 0.843. The molecule has 0 saturated heterocycles. The van der Waals surface area contributed by atoms with Crippen LogP contribution in [0.1, 0.15) is 63.1 Å². The van der Waals surface area contributed by atoms with Crippen LogP contribution in [0.15, 0.2) is 18.2 Å². The van der Waals surface area contributed by atoms with E-state index in [-0.39, 0.29) is 0 Å². The van der Waals surface area contributed by atoms with Gasteiger partial charge in [0.15, 0.2) is 0 Å². The van der Waals surface area contributed by atoms with Crippen molar-refractivity contribution in [1.29, 1.82) is 0 Å². The van der Waals surface area contributed by atoms with Gasteiger partial charge in [-0.15, -0.1) is 0 Å². The Hall–Kier alpha value is -0.820. The summed E-state index contributed by atoms with van der Waals surface area (Å²) >= 11 is 0. The second-order valence-electron chi connectivity index (χ2n) is 6.18. The van der Waals surface area contributed by atoms with Gasteiger partial charge >= 0.3 is 0 Å². The average molecular weight is 246 g/mol. The lowest BCUT2D eigenvalue weighted by Crippen LogP contribution is -2.24. The van der Waals surface area contributed by atoms with Crippen LogP contribution in [-0.4, -0.2) is 5.11 Å². The van der Waals surface area contributed by atoms with E-state index in [9.17, 15) is 5.11 Å². The highest BCUT2D eigenvalue weighted by molar-refractivity contribution is 5.36. The minimum atomic E-state index is -0.679. The van der Waals surface area contributed by atoms with E-state index in [1.54, 1.807) is 0 Å². The normalized spacial score (nSPS) is 20.0. The zero-order valence-electron chi connectivity index (χ0n) is 12.0. The molecule has 18 heavy (non-hydrogen) atoms. The van der Waals surface area contributed by atoms with Crippen molar-refractivity contribution in [3.8, 4) is 0 Å². The minimum Gasteiger partial charge on any atom is -0.385 e. The molecule has 0 aliphatic heterocycles. The molecule has 0 heterocycles. The summed E-state index contributed by atoms with van der Waals surface area (Å²) in [5.41, 5.74) is 3.37. The molecule has 2 rings (SSSR count). The fourth-order valence-corrected chi connectivity index (χ4v) is 3.01. The molecule has 0 spiro atoms. The Balaban J connectivity index is 2.22. The van der Waals surface area contributed by atoms with Gasteiger partial charge in [-0.05, 0) is 61.6 Å². The lowest BCUT2D eigenvalue weighted by Gasteiger charge is -2.28. The van der Waals surface area contributed by atoms with Crippen molar-refractivity contribution < 1.29 is 5.11 Å². The average Bonchev–Trinajstić information content (AvgIpc) is 2.37. The molecule has 1 aliphatic rings. The molecule has 1 aliphatic carbocycles. The topological polar surface area (TPSA) is 20.2 Å². The monoisotopic (exact) mass is 246 g/mol. The zero-order valence-corrected chi connectivity index (χ0v) is 12.0. The van der Waals surface area contributed by atoms with E-state index in [2.05, 4.69) is 32.0 Å². The smallest absolute Gasteiger partial charge is 0.0871 e. The number of hydrogen-bond acceptors (Lipinski definition) is 1. The van der Waals surface area contributed by atoms with Crippen molar-refractivity contribution in [2.75, 3.05) is 0 Å². The summed E-state index contributed by atoms with van der Waals surface area (Å²) in [6, 6.07) is 6.61. The molecule has 0 saturated carbocycles. The summed E-state index contributed by atoms with van der Waals surface area (Å²) in [6.45, 7) is 6.37. The Bertz CT molecular complexity index is 406. The number of aliphatic hydroxyl groups is 1. The molecule has 0 amide bonds. The molecular formula is C17H26O. The van der Waals surface area contributed by atoms with Crippen LogP contribution in [0.4, 0.5) is 0 Å². The van der Waals surface area contributed by atoms with Crippen LogP contribution in [0.3, 0.4) is 0 Å². The Labute approximate surface area is 111 Å². The summed E-state index contributed by atoms with van der Waals surface area (Å²) in [5, 5.41) is 10.7. The van der Waals surface area contributed by atoms with Crippen molar-refractivity contribution in [3.05, 3.63) is 34.9 Å². The molecule has 1 N–H and O–H groups in total. The summed E-state index contributed by atoms with van der Waals surface area (Å²) < 4.78 is 0. The first-order chi connectivity index (χ1) is 8.53. The lowest BCUT2D eigenvalue weighted by atomic mass is 9.82. The van der Waals surface area contributed by atoms with E-state index in [1.807, 2.05) is 6.92 Å². The fraction of sp³-hybridized carbons (Fsp3) is 0.647. The molecule has 0 bridgehead atoms. The molecule has 0 fully saturated rings. The van der Waals surface area contributed by atoms with Crippen LogP contribution in [0, 0.1) is 5.92 Å².